The van der Waals surface area contributed by atoms with Gasteiger partial charge in [-0.2, -0.15) is 29.9 Å². The first-order valence-corrected chi connectivity index (χ1v) is 9.71. The SMILES string of the molecule is C.CNc1nc(NCNc2nc(NC)nc(-c3ccccc3)n2)nc(-c2ccccc2)n1. The number of benzene rings is 2. The number of nitrogens with zero attached hydrogens (tertiary/aromatic N) is 6. The van der Waals surface area contributed by atoms with Gasteiger partial charge < -0.3 is 21.3 Å². The maximum absolute atomic E-state index is 4.50. The van der Waals surface area contributed by atoms with Gasteiger partial charge in [0.1, 0.15) is 0 Å². The molecule has 0 fully saturated rings. The van der Waals surface area contributed by atoms with Gasteiger partial charge in [0.25, 0.3) is 0 Å². The van der Waals surface area contributed by atoms with E-state index in [1.807, 2.05) is 60.7 Å². The fourth-order valence-electron chi connectivity index (χ4n) is 2.77. The zero-order chi connectivity index (χ0) is 21.5. The Hall–Kier alpha value is -4.34. The quantitative estimate of drug-likeness (QED) is 0.308. The van der Waals surface area contributed by atoms with E-state index in [0.29, 0.717) is 42.1 Å². The molecule has 0 aliphatic rings. The lowest BCUT2D eigenvalue weighted by atomic mass is 10.2. The van der Waals surface area contributed by atoms with Crippen LogP contribution in [0.25, 0.3) is 22.8 Å². The standard InChI is InChI=1S/C21H22N10.CH4/c1-22-18-26-16(14-9-5-3-6-10-14)28-20(30-18)24-13-25-21-29-17(27-19(23-2)31-21)15-11-7-4-8-12-15;/h3-12H,13H2,1-2H3,(H2,22,24,26,28,30)(H2,23,25,27,29,31);1H4. The second kappa shape index (κ2) is 10.6. The molecule has 0 radical (unpaired) electrons. The maximum Gasteiger partial charge on any atom is 0.229 e. The van der Waals surface area contributed by atoms with Crippen LogP contribution >= 0.6 is 0 Å². The van der Waals surface area contributed by atoms with Crippen LogP contribution in [0.15, 0.2) is 60.7 Å². The van der Waals surface area contributed by atoms with Gasteiger partial charge in [-0.1, -0.05) is 68.1 Å². The summed E-state index contributed by atoms with van der Waals surface area (Å²) in [5.41, 5.74) is 1.81. The molecule has 2 aromatic heterocycles. The highest BCUT2D eigenvalue weighted by Crippen LogP contribution is 2.18. The van der Waals surface area contributed by atoms with Crippen LogP contribution in [0.5, 0.6) is 0 Å². The molecule has 4 N–H and O–H groups in total. The van der Waals surface area contributed by atoms with Gasteiger partial charge in [0.15, 0.2) is 11.6 Å². The van der Waals surface area contributed by atoms with E-state index in [-0.39, 0.29) is 7.43 Å². The van der Waals surface area contributed by atoms with Crippen molar-refractivity contribution in [2.24, 2.45) is 0 Å². The van der Waals surface area contributed by atoms with Crippen LogP contribution in [0.3, 0.4) is 0 Å². The van der Waals surface area contributed by atoms with Crippen molar-refractivity contribution in [1.82, 2.24) is 29.9 Å². The minimum absolute atomic E-state index is 0. The lowest BCUT2D eigenvalue weighted by molar-refractivity contribution is 0.998. The molecule has 0 aliphatic heterocycles. The molecule has 0 aliphatic carbocycles. The summed E-state index contributed by atoms with van der Waals surface area (Å²) < 4.78 is 0. The summed E-state index contributed by atoms with van der Waals surface area (Å²) >= 11 is 0. The zero-order valence-corrected chi connectivity index (χ0v) is 17.2. The Balaban J connectivity index is 0.00000289. The lowest BCUT2D eigenvalue weighted by Gasteiger charge is -2.11. The second-order valence-corrected chi connectivity index (χ2v) is 6.37. The molecule has 0 atom stereocenters. The first-order chi connectivity index (χ1) is 15.2. The highest BCUT2D eigenvalue weighted by atomic mass is 15.3. The van der Waals surface area contributed by atoms with Crippen molar-refractivity contribution in [3.63, 3.8) is 0 Å². The van der Waals surface area contributed by atoms with Crippen molar-refractivity contribution in [3.8, 4) is 22.8 Å². The van der Waals surface area contributed by atoms with E-state index >= 15 is 0 Å². The fourth-order valence-corrected chi connectivity index (χ4v) is 2.77. The van der Waals surface area contributed by atoms with Crippen LogP contribution in [0.1, 0.15) is 7.43 Å². The van der Waals surface area contributed by atoms with E-state index in [1.54, 1.807) is 14.1 Å². The molecule has 2 aromatic carbocycles. The van der Waals surface area contributed by atoms with Crippen molar-refractivity contribution >= 4 is 23.8 Å². The van der Waals surface area contributed by atoms with Crippen molar-refractivity contribution in [2.45, 2.75) is 7.43 Å². The van der Waals surface area contributed by atoms with E-state index in [4.69, 9.17) is 0 Å². The summed E-state index contributed by atoms with van der Waals surface area (Å²) in [4.78, 5) is 26.6. The molecule has 0 unspecified atom stereocenters. The smallest absolute Gasteiger partial charge is 0.229 e. The summed E-state index contributed by atoms with van der Waals surface area (Å²) in [5.74, 6) is 2.95. The van der Waals surface area contributed by atoms with E-state index in [2.05, 4.69) is 51.2 Å². The predicted octanol–water partition coefficient (Wildman–Crippen LogP) is 3.59. The molecule has 0 bridgehead atoms. The van der Waals surface area contributed by atoms with Gasteiger partial charge in [0, 0.05) is 25.2 Å². The van der Waals surface area contributed by atoms with Gasteiger partial charge in [-0.05, 0) is 0 Å². The van der Waals surface area contributed by atoms with Crippen molar-refractivity contribution in [3.05, 3.63) is 60.7 Å². The van der Waals surface area contributed by atoms with Crippen molar-refractivity contribution in [2.75, 3.05) is 42.0 Å². The van der Waals surface area contributed by atoms with Crippen LogP contribution in [0, 0.1) is 0 Å². The third-order valence-electron chi connectivity index (χ3n) is 4.28. The molecule has 164 valence electrons. The number of hydrogen-bond acceptors (Lipinski definition) is 10. The third-order valence-corrected chi connectivity index (χ3v) is 4.28. The van der Waals surface area contributed by atoms with Gasteiger partial charge in [-0.25, -0.2) is 0 Å². The van der Waals surface area contributed by atoms with Crippen molar-refractivity contribution < 1.29 is 0 Å². The van der Waals surface area contributed by atoms with E-state index in [1.165, 1.54) is 0 Å². The van der Waals surface area contributed by atoms with E-state index in [0.717, 1.165) is 11.1 Å². The van der Waals surface area contributed by atoms with Crippen LogP contribution in [0.4, 0.5) is 23.8 Å². The van der Waals surface area contributed by atoms with Gasteiger partial charge >= 0.3 is 0 Å². The summed E-state index contributed by atoms with van der Waals surface area (Å²) in [6, 6.07) is 19.5. The Morgan fingerprint density at radius 3 is 1.28 bits per heavy atom. The van der Waals surface area contributed by atoms with Gasteiger partial charge in [-0.3, -0.25) is 0 Å². The second-order valence-electron chi connectivity index (χ2n) is 6.37. The van der Waals surface area contributed by atoms with Gasteiger partial charge in [0.2, 0.25) is 23.8 Å². The summed E-state index contributed by atoms with van der Waals surface area (Å²) in [5, 5.41) is 12.2. The molecule has 4 aromatic rings. The molecule has 0 saturated heterocycles. The topological polar surface area (TPSA) is 125 Å². The number of anilines is 4. The molecule has 4 rings (SSSR count). The molecular formula is C22H26N10. The lowest BCUT2D eigenvalue weighted by Crippen LogP contribution is -2.17. The minimum Gasteiger partial charge on any atom is -0.357 e. The first kappa shape index (κ1) is 22.3. The molecule has 10 heteroatoms. The van der Waals surface area contributed by atoms with Crippen LogP contribution < -0.4 is 21.3 Å². The molecular weight excluding hydrogens is 404 g/mol. The third kappa shape index (κ3) is 5.42. The predicted molar refractivity (Wildman–Crippen MR) is 128 cm³/mol. The van der Waals surface area contributed by atoms with E-state index < -0.39 is 0 Å². The normalized spacial score (nSPS) is 10.1. The zero-order valence-electron chi connectivity index (χ0n) is 17.2. The molecule has 10 nitrogen and oxygen atoms in total. The molecule has 0 spiro atoms. The summed E-state index contributed by atoms with van der Waals surface area (Å²) in [6.45, 7) is 0.308. The number of rotatable bonds is 8. The van der Waals surface area contributed by atoms with Crippen LogP contribution in [-0.2, 0) is 0 Å². The monoisotopic (exact) mass is 430 g/mol. The average molecular weight is 431 g/mol. The number of nitrogens with one attached hydrogen (secondary N) is 4. The number of hydrogen-bond donors (Lipinski definition) is 4. The summed E-state index contributed by atoms with van der Waals surface area (Å²) in [6.07, 6.45) is 0. The maximum atomic E-state index is 4.50. The minimum atomic E-state index is 0. The first-order valence-electron chi connectivity index (χ1n) is 9.71. The van der Waals surface area contributed by atoms with Crippen molar-refractivity contribution in [1.29, 1.82) is 0 Å². The highest BCUT2D eigenvalue weighted by molar-refractivity contribution is 5.59. The Bertz CT molecular complexity index is 1050. The Morgan fingerprint density at radius 2 is 0.906 bits per heavy atom. The molecule has 0 amide bonds. The fraction of sp³-hybridized carbons (Fsp3) is 0.182. The molecule has 0 saturated carbocycles. The van der Waals surface area contributed by atoms with Crippen LogP contribution in [0.2, 0.25) is 0 Å². The average Bonchev–Trinajstić information content (AvgIpc) is 2.84. The Kier molecular flexibility index (Phi) is 7.42. The molecule has 2 heterocycles. The number of aromatic nitrogens is 6. The highest BCUT2D eigenvalue weighted by Gasteiger charge is 2.09. The van der Waals surface area contributed by atoms with E-state index in [9.17, 15) is 0 Å². The van der Waals surface area contributed by atoms with Gasteiger partial charge in [-0.15, -0.1) is 0 Å². The van der Waals surface area contributed by atoms with Crippen LogP contribution in [-0.4, -0.2) is 50.7 Å². The van der Waals surface area contributed by atoms with Gasteiger partial charge in [0.05, 0.1) is 6.67 Å². The Labute approximate surface area is 187 Å². The molecule has 32 heavy (non-hydrogen) atoms. The largest absolute Gasteiger partial charge is 0.357 e. The Morgan fingerprint density at radius 1 is 0.531 bits per heavy atom. The summed E-state index contributed by atoms with van der Waals surface area (Å²) in [7, 11) is 3.53.